The van der Waals surface area contributed by atoms with Crippen LogP contribution in [0.4, 0.5) is 0 Å². The van der Waals surface area contributed by atoms with Gasteiger partial charge in [-0.2, -0.15) is 0 Å². The third kappa shape index (κ3) is 4.13. The molecule has 7 rings (SSSR count). The predicted octanol–water partition coefficient (Wildman–Crippen LogP) is 6.88. The Bertz CT molecular complexity index is 1900. The molecule has 2 heterocycles. The molecule has 5 aromatic rings. The van der Waals surface area contributed by atoms with E-state index >= 15 is 0 Å². The lowest BCUT2D eigenvalue weighted by atomic mass is 9.97. The monoisotopic (exact) mass is 522 g/mol. The fourth-order valence-electron chi connectivity index (χ4n) is 5.80. The standard InChI is InChI=1S/C36H30N2O2/c1-23-13-18-29-30-20-19-28(34(39)35(30)40-33(29)21-23)24-14-16-27(17-15-24)36-37-31(25-9-5-3-6-10-25)22-32(38(36)2)26-11-7-4-8-12-26/h3-12,14-23,36,39H,13H2,1-2H3. The quantitative estimate of drug-likeness (QED) is 0.280. The van der Waals surface area contributed by atoms with Crippen LogP contribution in [0.5, 0.6) is 5.75 Å². The van der Waals surface area contributed by atoms with Gasteiger partial charge in [0, 0.05) is 28.9 Å². The van der Waals surface area contributed by atoms with Crippen molar-refractivity contribution in [1.82, 2.24) is 4.90 Å². The maximum atomic E-state index is 11.2. The Morgan fingerprint density at radius 3 is 2.25 bits per heavy atom. The Labute approximate surface area is 233 Å². The van der Waals surface area contributed by atoms with Gasteiger partial charge in [0.2, 0.25) is 0 Å². The van der Waals surface area contributed by atoms with Crippen molar-refractivity contribution < 1.29 is 9.52 Å². The summed E-state index contributed by atoms with van der Waals surface area (Å²) < 4.78 is 6.13. The van der Waals surface area contributed by atoms with Gasteiger partial charge in [-0.1, -0.05) is 97.9 Å². The van der Waals surface area contributed by atoms with Gasteiger partial charge in [-0.3, -0.25) is 4.99 Å². The van der Waals surface area contributed by atoms with Gasteiger partial charge in [0.05, 0.1) is 5.71 Å². The summed E-state index contributed by atoms with van der Waals surface area (Å²) in [6, 6.07) is 33.2. The molecule has 0 bridgehead atoms. The highest BCUT2D eigenvalue weighted by molar-refractivity contribution is 6.13. The first-order valence-electron chi connectivity index (χ1n) is 13.8. The van der Waals surface area contributed by atoms with Crippen molar-refractivity contribution in [2.24, 2.45) is 10.9 Å². The minimum absolute atomic E-state index is 0.183. The van der Waals surface area contributed by atoms with E-state index in [1.807, 2.05) is 30.3 Å². The Balaban J connectivity index is 1.27. The number of hydrogen-bond acceptors (Lipinski definition) is 4. The van der Waals surface area contributed by atoms with Gasteiger partial charge < -0.3 is 14.4 Å². The first-order valence-corrected chi connectivity index (χ1v) is 13.8. The number of phenols is 1. The summed E-state index contributed by atoms with van der Waals surface area (Å²) in [5.74, 6) is 0.616. The zero-order chi connectivity index (χ0) is 27.2. The van der Waals surface area contributed by atoms with Crippen molar-refractivity contribution in [2.75, 3.05) is 7.05 Å². The van der Waals surface area contributed by atoms with Gasteiger partial charge in [0.25, 0.3) is 0 Å². The van der Waals surface area contributed by atoms with Crippen LogP contribution >= 0.6 is 0 Å². The van der Waals surface area contributed by atoms with Gasteiger partial charge >= 0.3 is 0 Å². The average molecular weight is 523 g/mol. The van der Waals surface area contributed by atoms with E-state index in [9.17, 15) is 5.11 Å². The summed E-state index contributed by atoms with van der Waals surface area (Å²) in [7, 11) is 2.09. The molecule has 4 nitrogen and oxygen atoms in total. The smallest absolute Gasteiger partial charge is 0.177 e. The molecule has 4 heteroatoms. The number of nitrogens with zero attached hydrogens (tertiary/aromatic N) is 2. The normalized spacial score (nSPS) is 18.4. The molecule has 40 heavy (non-hydrogen) atoms. The second kappa shape index (κ2) is 9.73. The molecule has 2 atom stereocenters. The maximum Gasteiger partial charge on any atom is 0.177 e. The van der Waals surface area contributed by atoms with Crippen LogP contribution in [-0.4, -0.2) is 22.8 Å². The minimum atomic E-state index is -0.189. The molecular formula is C36H30N2O2. The van der Waals surface area contributed by atoms with E-state index in [4.69, 9.17) is 9.41 Å². The first kappa shape index (κ1) is 24.2. The van der Waals surface area contributed by atoms with E-state index in [1.165, 1.54) is 0 Å². The lowest BCUT2D eigenvalue weighted by Crippen LogP contribution is -2.27. The molecule has 0 spiro atoms. The van der Waals surface area contributed by atoms with Crippen LogP contribution in [0.3, 0.4) is 0 Å². The summed E-state index contributed by atoms with van der Waals surface area (Å²) in [4.78, 5) is 7.40. The largest absolute Gasteiger partial charge is 0.504 e. The van der Waals surface area contributed by atoms with Crippen molar-refractivity contribution in [1.29, 1.82) is 0 Å². The number of hydrogen-bond donors (Lipinski definition) is 1. The van der Waals surface area contributed by atoms with Crippen molar-refractivity contribution >= 4 is 34.5 Å². The van der Waals surface area contributed by atoms with Crippen LogP contribution < -0.4 is 10.6 Å². The lowest BCUT2D eigenvalue weighted by Gasteiger charge is -2.34. The first-order chi connectivity index (χ1) is 19.6. The van der Waals surface area contributed by atoms with Crippen LogP contribution in [0, 0.1) is 5.92 Å². The van der Waals surface area contributed by atoms with E-state index in [2.05, 4.69) is 104 Å². The van der Waals surface area contributed by atoms with E-state index in [1.54, 1.807) is 0 Å². The molecule has 2 unspecified atom stereocenters. The topological polar surface area (TPSA) is 49.0 Å². The molecule has 0 fully saturated rings. The zero-order valence-electron chi connectivity index (χ0n) is 22.6. The summed E-state index contributed by atoms with van der Waals surface area (Å²) in [6.45, 7) is 2.18. The van der Waals surface area contributed by atoms with Crippen molar-refractivity contribution in [3.8, 4) is 16.9 Å². The van der Waals surface area contributed by atoms with E-state index in [-0.39, 0.29) is 11.9 Å². The Morgan fingerprint density at radius 1 is 0.825 bits per heavy atom. The van der Waals surface area contributed by atoms with Crippen LogP contribution in [0.2, 0.25) is 0 Å². The molecule has 0 amide bonds. The van der Waals surface area contributed by atoms with E-state index < -0.39 is 0 Å². The van der Waals surface area contributed by atoms with Crippen LogP contribution in [0.1, 0.15) is 36.2 Å². The van der Waals surface area contributed by atoms with Crippen molar-refractivity contribution in [3.05, 3.63) is 130 Å². The Kier molecular flexibility index (Phi) is 5.89. The van der Waals surface area contributed by atoms with E-state index in [0.29, 0.717) is 11.5 Å². The number of aliphatic imine (C=N–C) groups is 1. The number of allylic oxidation sites excluding steroid dienone is 1. The molecule has 0 saturated heterocycles. The molecule has 0 saturated carbocycles. The Morgan fingerprint density at radius 2 is 1.52 bits per heavy atom. The highest BCUT2D eigenvalue weighted by Crippen LogP contribution is 2.38. The molecule has 1 aliphatic carbocycles. The molecule has 0 radical (unpaired) electrons. The molecule has 1 N–H and O–H groups in total. The molecule has 1 aliphatic heterocycles. The lowest BCUT2D eigenvalue weighted by molar-refractivity contribution is 0.364. The van der Waals surface area contributed by atoms with Gasteiger partial charge in [-0.25, -0.2) is 0 Å². The minimum Gasteiger partial charge on any atom is -0.504 e. The van der Waals surface area contributed by atoms with Crippen molar-refractivity contribution in [2.45, 2.75) is 19.5 Å². The number of aromatic hydroxyl groups is 1. The maximum absolute atomic E-state index is 11.2. The second-order valence-corrected chi connectivity index (χ2v) is 10.7. The predicted molar refractivity (Wildman–Crippen MR) is 163 cm³/mol. The van der Waals surface area contributed by atoms with Crippen molar-refractivity contribution in [3.63, 3.8) is 0 Å². The third-order valence-corrected chi connectivity index (χ3v) is 7.97. The summed E-state index contributed by atoms with van der Waals surface area (Å²) in [5, 5.41) is 13.3. The molecule has 2 aliphatic rings. The Hall–Kier alpha value is -4.83. The highest BCUT2D eigenvalue weighted by Gasteiger charge is 2.25. The van der Waals surface area contributed by atoms with Crippen LogP contribution in [0.25, 0.3) is 39.9 Å². The number of furan rings is 1. The summed E-state index contributed by atoms with van der Waals surface area (Å²) in [5.41, 5.74) is 8.49. The van der Waals surface area contributed by atoms with Gasteiger partial charge in [-0.05, 0) is 58.9 Å². The number of benzene rings is 4. The zero-order valence-corrected chi connectivity index (χ0v) is 22.6. The second-order valence-electron chi connectivity index (χ2n) is 10.7. The molecular weight excluding hydrogens is 492 g/mol. The molecule has 1 aromatic heterocycles. The fraction of sp³-hybridized carbons (Fsp3) is 0.139. The van der Waals surface area contributed by atoms with Crippen LogP contribution in [0.15, 0.2) is 113 Å². The van der Waals surface area contributed by atoms with Gasteiger partial charge in [-0.15, -0.1) is 0 Å². The van der Waals surface area contributed by atoms with Gasteiger partial charge in [0.1, 0.15) is 11.6 Å². The fourth-order valence-corrected chi connectivity index (χ4v) is 5.80. The summed E-state index contributed by atoms with van der Waals surface area (Å²) >= 11 is 0. The van der Waals surface area contributed by atoms with Crippen LogP contribution in [-0.2, 0) is 0 Å². The number of phenolic OH excluding ortho intramolecular Hbond substituents is 1. The number of rotatable bonds is 4. The summed E-state index contributed by atoms with van der Waals surface area (Å²) in [6.07, 6.45) is 7.32. The molecule has 4 aromatic carbocycles. The number of fused-ring (bicyclic) bond motifs is 3. The third-order valence-electron chi connectivity index (χ3n) is 7.97. The van der Waals surface area contributed by atoms with E-state index in [0.717, 1.165) is 61.7 Å². The SMILES string of the molecule is CC1C=c2oc3c(O)c(-c4ccc(C5N=C(c6ccccc6)C=C(c6ccccc6)N5C)cc4)ccc3c2=CC1. The highest BCUT2D eigenvalue weighted by atomic mass is 16.4. The molecule has 196 valence electrons. The average Bonchev–Trinajstić information content (AvgIpc) is 3.37. The van der Waals surface area contributed by atoms with Gasteiger partial charge in [0.15, 0.2) is 11.3 Å².